The Kier molecular flexibility index (Phi) is 1.85. The molecule has 0 fully saturated rings. The average molecular weight is 191 g/mol. The van der Waals surface area contributed by atoms with Crippen molar-refractivity contribution in [1.82, 2.24) is 10.2 Å². The van der Waals surface area contributed by atoms with E-state index in [1.807, 2.05) is 0 Å². The molecule has 0 aliphatic carbocycles. The number of nitrogens with zero attached hydrogens (tertiary/aromatic N) is 1. The van der Waals surface area contributed by atoms with Gasteiger partial charge >= 0.3 is 5.97 Å². The van der Waals surface area contributed by atoms with Crippen LogP contribution in [0.15, 0.2) is 18.3 Å². The number of benzene rings is 1. The number of aromatic amines is 1. The first kappa shape index (κ1) is 8.55. The Labute approximate surface area is 79.9 Å². The topological polar surface area (TPSA) is 81.0 Å². The van der Waals surface area contributed by atoms with Crippen molar-refractivity contribution in [3.8, 4) is 0 Å². The number of ether oxygens (including phenoxy) is 1. The number of nitrogen functional groups attached to an aromatic ring is 1. The molecule has 0 radical (unpaired) electrons. The van der Waals surface area contributed by atoms with E-state index in [1.165, 1.54) is 7.11 Å². The summed E-state index contributed by atoms with van der Waals surface area (Å²) in [5.74, 6) is -0.439. The van der Waals surface area contributed by atoms with Crippen LogP contribution in [0.1, 0.15) is 10.4 Å². The summed E-state index contributed by atoms with van der Waals surface area (Å²) in [5, 5.41) is 7.43. The minimum absolute atomic E-state index is 0.362. The van der Waals surface area contributed by atoms with E-state index in [2.05, 4.69) is 14.9 Å². The number of esters is 1. The van der Waals surface area contributed by atoms with Gasteiger partial charge in [-0.25, -0.2) is 4.79 Å². The Bertz CT molecular complexity index is 490. The zero-order valence-corrected chi connectivity index (χ0v) is 7.57. The summed E-state index contributed by atoms with van der Waals surface area (Å²) in [5.41, 5.74) is 7.22. The van der Waals surface area contributed by atoms with E-state index in [9.17, 15) is 4.79 Å². The fraction of sp³-hybridized carbons (Fsp3) is 0.111. The van der Waals surface area contributed by atoms with Crippen molar-refractivity contribution < 1.29 is 9.53 Å². The molecule has 0 spiro atoms. The smallest absolute Gasteiger partial charge is 0.339 e. The summed E-state index contributed by atoms with van der Waals surface area (Å²) < 4.78 is 4.59. The van der Waals surface area contributed by atoms with Gasteiger partial charge in [0.15, 0.2) is 0 Å². The van der Waals surface area contributed by atoms with Gasteiger partial charge < -0.3 is 10.5 Å². The van der Waals surface area contributed by atoms with Gasteiger partial charge in [0.2, 0.25) is 0 Å². The minimum atomic E-state index is -0.439. The number of hydrogen-bond acceptors (Lipinski definition) is 4. The molecule has 5 nitrogen and oxygen atoms in total. The molecule has 0 aliphatic rings. The molecule has 5 heteroatoms. The largest absolute Gasteiger partial charge is 0.465 e. The summed E-state index contributed by atoms with van der Waals surface area (Å²) in [4.78, 5) is 11.3. The van der Waals surface area contributed by atoms with Crippen LogP contribution in [0, 0.1) is 0 Å². The first-order chi connectivity index (χ1) is 6.72. The fourth-order valence-electron chi connectivity index (χ4n) is 1.29. The Morgan fingerprint density at radius 1 is 1.57 bits per heavy atom. The van der Waals surface area contributed by atoms with Gasteiger partial charge in [0.1, 0.15) is 0 Å². The van der Waals surface area contributed by atoms with Gasteiger partial charge in [-0.05, 0) is 12.1 Å². The zero-order chi connectivity index (χ0) is 10.1. The highest BCUT2D eigenvalue weighted by Crippen LogP contribution is 2.20. The van der Waals surface area contributed by atoms with Gasteiger partial charge in [0, 0.05) is 11.1 Å². The molecule has 0 unspecified atom stereocenters. The third-order valence-corrected chi connectivity index (χ3v) is 2.02. The molecule has 1 aromatic heterocycles. The molecule has 3 N–H and O–H groups in total. The van der Waals surface area contributed by atoms with Crippen molar-refractivity contribution in [3.63, 3.8) is 0 Å². The average Bonchev–Trinajstić information content (AvgIpc) is 2.62. The van der Waals surface area contributed by atoms with Crippen molar-refractivity contribution in [2.45, 2.75) is 0 Å². The number of aromatic nitrogens is 2. The lowest BCUT2D eigenvalue weighted by molar-refractivity contribution is 0.0602. The quantitative estimate of drug-likeness (QED) is 0.519. The summed E-state index contributed by atoms with van der Waals surface area (Å²) >= 11 is 0. The van der Waals surface area contributed by atoms with Crippen LogP contribution in [0.25, 0.3) is 10.9 Å². The second-order valence-electron chi connectivity index (χ2n) is 2.89. The maximum absolute atomic E-state index is 11.3. The van der Waals surface area contributed by atoms with E-state index >= 15 is 0 Å². The number of hydrogen-bond donors (Lipinski definition) is 2. The fourth-order valence-corrected chi connectivity index (χ4v) is 1.29. The molecule has 0 bridgehead atoms. The van der Waals surface area contributed by atoms with Crippen molar-refractivity contribution in [2.24, 2.45) is 0 Å². The summed E-state index contributed by atoms with van der Waals surface area (Å²) in [7, 11) is 1.32. The SMILES string of the molecule is COC(=O)c1cc2cn[nH]c2cc1N. The number of carbonyl (C=O) groups excluding carboxylic acids is 1. The summed E-state index contributed by atoms with van der Waals surface area (Å²) in [6.45, 7) is 0. The van der Waals surface area contributed by atoms with E-state index < -0.39 is 5.97 Å². The van der Waals surface area contributed by atoms with E-state index in [-0.39, 0.29) is 0 Å². The normalized spacial score (nSPS) is 10.4. The number of H-pyrrole nitrogens is 1. The number of nitrogens with one attached hydrogen (secondary N) is 1. The zero-order valence-electron chi connectivity index (χ0n) is 7.57. The number of rotatable bonds is 1. The van der Waals surface area contributed by atoms with Crippen molar-refractivity contribution in [1.29, 1.82) is 0 Å². The molecule has 0 aliphatic heterocycles. The van der Waals surface area contributed by atoms with Crippen LogP contribution < -0.4 is 5.73 Å². The Balaban J connectivity index is 2.64. The Morgan fingerprint density at radius 3 is 3.07 bits per heavy atom. The van der Waals surface area contributed by atoms with Crippen LogP contribution in [0.3, 0.4) is 0 Å². The molecule has 2 rings (SSSR count). The van der Waals surface area contributed by atoms with Gasteiger partial charge in [-0.3, -0.25) is 5.10 Å². The standard InChI is InChI=1S/C9H9N3O2/c1-14-9(13)6-2-5-4-11-12-8(5)3-7(6)10/h2-4H,10H2,1H3,(H,11,12). The first-order valence-electron chi connectivity index (χ1n) is 4.03. The number of fused-ring (bicyclic) bond motifs is 1. The highest BCUT2D eigenvalue weighted by Gasteiger charge is 2.11. The van der Waals surface area contributed by atoms with Gasteiger partial charge in [-0.2, -0.15) is 5.10 Å². The van der Waals surface area contributed by atoms with E-state index in [0.717, 1.165) is 10.9 Å². The highest BCUT2D eigenvalue weighted by molar-refractivity contribution is 6.00. The van der Waals surface area contributed by atoms with Gasteiger partial charge in [-0.1, -0.05) is 0 Å². The summed E-state index contributed by atoms with van der Waals surface area (Å²) in [6.07, 6.45) is 1.63. The first-order valence-corrected chi connectivity index (χ1v) is 4.03. The molecule has 1 heterocycles. The molecule has 72 valence electrons. The molecule has 0 saturated carbocycles. The number of carbonyl (C=O) groups is 1. The third kappa shape index (κ3) is 1.19. The second kappa shape index (κ2) is 3.02. The van der Waals surface area contributed by atoms with Crippen LogP contribution in [-0.4, -0.2) is 23.3 Å². The molecule has 0 saturated heterocycles. The van der Waals surface area contributed by atoms with Gasteiger partial charge in [-0.15, -0.1) is 0 Å². The Hall–Kier alpha value is -2.04. The number of nitrogens with two attached hydrogens (primary N) is 1. The lowest BCUT2D eigenvalue weighted by atomic mass is 10.1. The lowest BCUT2D eigenvalue weighted by Crippen LogP contribution is -2.05. The van der Waals surface area contributed by atoms with Crippen molar-refractivity contribution >= 4 is 22.6 Å². The monoisotopic (exact) mass is 191 g/mol. The van der Waals surface area contributed by atoms with Crippen LogP contribution in [0.4, 0.5) is 5.69 Å². The predicted octanol–water partition coefficient (Wildman–Crippen LogP) is 0.932. The number of methoxy groups -OCH3 is 1. The van der Waals surface area contributed by atoms with E-state index in [0.29, 0.717) is 11.3 Å². The maximum Gasteiger partial charge on any atom is 0.339 e. The molecule has 0 amide bonds. The molecular weight excluding hydrogens is 182 g/mol. The van der Waals surface area contributed by atoms with Gasteiger partial charge in [0.05, 0.1) is 24.4 Å². The molecular formula is C9H9N3O2. The molecule has 14 heavy (non-hydrogen) atoms. The molecule has 0 atom stereocenters. The summed E-state index contributed by atoms with van der Waals surface area (Å²) in [6, 6.07) is 3.31. The highest BCUT2D eigenvalue weighted by atomic mass is 16.5. The Morgan fingerprint density at radius 2 is 2.36 bits per heavy atom. The van der Waals surface area contributed by atoms with Crippen LogP contribution in [-0.2, 0) is 4.74 Å². The van der Waals surface area contributed by atoms with Crippen LogP contribution in [0.2, 0.25) is 0 Å². The van der Waals surface area contributed by atoms with E-state index in [1.54, 1.807) is 18.3 Å². The predicted molar refractivity (Wildman–Crippen MR) is 51.8 cm³/mol. The number of anilines is 1. The minimum Gasteiger partial charge on any atom is -0.465 e. The third-order valence-electron chi connectivity index (χ3n) is 2.02. The lowest BCUT2D eigenvalue weighted by Gasteiger charge is -2.02. The maximum atomic E-state index is 11.3. The second-order valence-corrected chi connectivity index (χ2v) is 2.89. The van der Waals surface area contributed by atoms with Gasteiger partial charge in [0.25, 0.3) is 0 Å². The van der Waals surface area contributed by atoms with Crippen molar-refractivity contribution in [3.05, 3.63) is 23.9 Å². The molecule has 2 aromatic rings. The van der Waals surface area contributed by atoms with Crippen LogP contribution >= 0.6 is 0 Å². The van der Waals surface area contributed by atoms with Crippen molar-refractivity contribution in [2.75, 3.05) is 12.8 Å². The van der Waals surface area contributed by atoms with Crippen LogP contribution in [0.5, 0.6) is 0 Å². The van der Waals surface area contributed by atoms with E-state index in [4.69, 9.17) is 5.73 Å². The molecule has 1 aromatic carbocycles.